The molecule has 0 amide bonds. The van der Waals surface area contributed by atoms with E-state index in [1.54, 1.807) is 0 Å². The first kappa shape index (κ1) is 12.7. The third kappa shape index (κ3) is 2.36. The van der Waals surface area contributed by atoms with Gasteiger partial charge in [-0.15, -0.1) is 0 Å². The van der Waals surface area contributed by atoms with Crippen molar-refractivity contribution in [2.75, 3.05) is 5.32 Å². The second-order valence-corrected chi connectivity index (χ2v) is 5.98. The Morgan fingerprint density at radius 2 is 1.76 bits per heavy atom. The van der Waals surface area contributed by atoms with E-state index in [1.807, 2.05) is 30.5 Å². The van der Waals surface area contributed by atoms with Gasteiger partial charge in [0.1, 0.15) is 0 Å². The lowest BCUT2D eigenvalue weighted by Crippen LogP contribution is -2.19. The van der Waals surface area contributed by atoms with Gasteiger partial charge >= 0.3 is 0 Å². The van der Waals surface area contributed by atoms with Crippen LogP contribution in [0.4, 0.5) is 5.69 Å². The van der Waals surface area contributed by atoms with Crippen LogP contribution in [0.5, 0.6) is 0 Å². The quantitative estimate of drug-likeness (QED) is 0.754. The van der Waals surface area contributed by atoms with Gasteiger partial charge < -0.3 is 5.32 Å². The Labute approximate surface area is 128 Å². The van der Waals surface area contributed by atoms with Crippen LogP contribution in [0.1, 0.15) is 11.1 Å². The van der Waals surface area contributed by atoms with E-state index in [4.69, 9.17) is 11.6 Å². The zero-order valence-corrected chi connectivity index (χ0v) is 12.3. The monoisotopic (exact) mass is 294 g/mol. The van der Waals surface area contributed by atoms with E-state index in [2.05, 4.69) is 34.6 Å². The minimum Gasteiger partial charge on any atom is -0.380 e. The number of anilines is 1. The van der Waals surface area contributed by atoms with Crippen molar-refractivity contribution < 1.29 is 0 Å². The maximum Gasteiger partial charge on any atom is 0.0934 e. The summed E-state index contributed by atoms with van der Waals surface area (Å²) in [5.41, 5.74) is 4.89. The molecule has 0 radical (unpaired) electrons. The lowest BCUT2D eigenvalue weighted by Gasteiger charge is -2.15. The van der Waals surface area contributed by atoms with E-state index in [1.165, 1.54) is 11.1 Å². The highest BCUT2D eigenvalue weighted by Crippen LogP contribution is 2.30. The molecule has 0 unspecified atom stereocenters. The zero-order chi connectivity index (χ0) is 14.2. The Bertz CT molecular complexity index is 788. The normalized spacial score (nSPS) is 14.3. The smallest absolute Gasteiger partial charge is 0.0934 e. The fourth-order valence-corrected chi connectivity index (χ4v) is 3.37. The van der Waals surface area contributed by atoms with Crippen molar-refractivity contribution in [2.45, 2.75) is 18.9 Å². The number of fused-ring (bicyclic) bond motifs is 2. The third-order valence-electron chi connectivity index (χ3n) is 4.08. The van der Waals surface area contributed by atoms with Gasteiger partial charge in [-0.2, -0.15) is 0 Å². The largest absolute Gasteiger partial charge is 0.380 e. The van der Waals surface area contributed by atoms with Gasteiger partial charge in [0.2, 0.25) is 0 Å². The van der Waals surface area contributed by atoms with Gasteiger partial charge in [0.15, 0.2) is 0 Å². The van der Waals surface area contributed by atoms with Crippen LogP contribution in [-0.4, -0.2) is 11.0 Å². The summed E-state index contributed by atoms with van der Waals surface area (Å²) in [7, 11) is 0. The molecular formula is C18H15ClN2. The predicted molar refractivity (Wildman–Crippen MR) is 88.0 cm³/mol. The Hall–Kier alpha value is -2.06. The maximum atomic E-state index is 6.23. The van der Waals surface area contributed by atoms with Gasteiger partial charge in [-0.1, -0.05) is 41.9 Å². The molecule has 3 aromatic rings. The van der Waals surface area contributed by atoms with Crippen LogP contribution >= 0.6 is 11.6 Å². The fraction of sp³-hybridized carbons (Fsp3) is 0.167. The molecule has 0 saturated carbocycles. The summed E-state index contributed by atoms with van der Waals surface area (Å²) in [6.45, 7) is 0. The van der Waals surface area contributed by atoms with E-state index >= 15 is 0 Å². The molecule has 1 aliphatic carbocycles. The van der Waals surface area contributed by atoms with Crippen LogP contribution in [0.2, 0.25) is 5.02 Å². The number of aromatic nitrogens is 1. The van der Waals surface area contributed by atoms with Crippen molar-refractivity contribution in [1.29, 1.82) is 0 Å². The van der Waals surface area contributed by atoms with E-state index in [0.29, 0.717) is 6.04 Å². The SMILES string of the molecule is Clc1cc(NC2Cc3ccccc3C2)c2ncccc2c1. The lowest BCUT2D eigenvalue weighted by molar-refractivity contribution is 0.775. The Morgan fingerprint density at radius 1 is 1.00 bits per heavy atom. The van der Waals surface area contributed by atoms with Crippen molar-refractivity contribution in [2.24, 2.45) is 0 Å². The molecule has 0 aliphatic heterocycles. The molecule has 0 bridgehead atoms. The average molecular weight is 295 g/mol. The maximum absolute atomic E-state index is 6.23. The molecule has 21 heavy (non-hydrogen) atoms. The highest BCUT2D eigenvalue weighted by molar-refractivity contribution is 6.31. The first-order valence-electron chi connectivity index (χ1n) is 7.17. The zero-order valence-electron chi connectivity index (χ0n) is 11.5. The molecule has 0 fully saturated rings. The molecule has 3 heteroatoms. The Morgan fingerprint density at radius 3 is 2.52 bits per heavy atom. The summed E-state index contributed by atoms with van der Waals surface area (Å²) in [4.78, 5) is 4.49. The summed E-state index contributed by atoms with van der Waals surface area (Å²) in [5.74, 6) is 0. The van der Waals surface area contributed by atoms with Crippen molar-refractivity contribution >= 4 is 28.2 Å². The molecule has 4 rings (SSSR count). The summed E-state index contributed by atoms with van der Waals surface area (Å²) >= 11 is 6.23. The number of hydrogen-bond acceptors (Lipinski definition) is 2. The highest BCUT2D eigenvalue weighted by atomic mass is 35.5. The van der Waals surface area contributed by atoms with Gasteiger partial charge in [-0.3, -0.25) is 4.98 Å². The van der Waals surface area contributed by atoms with Crippen molar-refractivity contribution in [3.63, 3.8) is 0 Å². The van der Waals surface area contributed by atoms with Gasteiger partial charge in [0.05, 0.1) is 11.2 Å². The van der Waals surface area contributed by atoms with Crippen LogP contribution < -0.4 is 5.32 Å². The number of hydrogen-bond donors (Lipinski definition) is 1. The van der Waals surface area contributed by atoms with Gasteiger partial charge in [0, 0.05) is 22.6 Å². The standard InChI is InChI=1S/C18H15ClN2/c19-15-8-14-6-3-7-20-18(14)17(11-15)21-16-9-12-4-1-2-5-13(12)10-16/h1-8,11,16,21H,9-10H2. The molecule has 104 valence electrons. The summed E-state index contributed by atoms with van der Waals surface area (Å²) in [6.07, 6.45) is 3.93. The van der Waals surface area contributed by atoms with Gasteiger partial charge in [0.25, 0.3) is 0 Å². The fourth-order valence-electron chi connectivity index (χ4n) is 3.15. The van der Waals surface area contributed by atoms with E-state index in [0.717, 1.165) is 34.5 Å². The molecule has 2 nitrogen and oxygen atoms in total. The Balaban J connectivity index is 1.67. The molecule has 1 aliphatic rings. The topological polar surface area (TPSA) is 24.9 Å². The van der Waals surface area contributed by atoms with Gasteiger partial charge in [-0.25, -0.2) is 0 Å². The summed E-state index contributed by atoms with van der Waals surface area (Å²) in [5, 5.41) is 5.44. The minimum absolute atomic E-state index is 0.408. The van der Waals surface area contributed by atoms with E-state index in [9.17, 15) is 0 Å². The minimum atomic E-state index is 0.408. The van der Waals surface area contributed by atoms with Crippen LogP contribution in [0.3, 0.4) is 0 Å². The van der Waals surface area contributed by atoms with Crippen molar-refractivity contribution in [3.05, 3.63) is 70.9 Å². The molecule has 1 aromatic heterocycles. The third-order valence-corrected chi connectivity index (χ3v) is 4.30. The average Bonchev–Trinajstić information content (AvgIpc) is 2.89. The first-order chi connectivity index (χ1) is 10.3. The number of pyridine rings is 1. The second-order valence-electron chi connectivity index (χ2n) is 5.55. The van der Waals surface area contributed by atoms with Crippen LogP contribution in [-0.2, 0) is 12.8 Å². The number of halogens is 1. The van der Waals surface area contributed by atoms with E-state index in [-0.39, 0.29) is 0 Å². The number of nitrogens with zero attached hydrogens (tertiary/aromatic N) is 1. The molecule has 0 saturated heterocycles. The molecule has 1 N–H and O–H groups in total. The summed E-state index contributed by atoms with van der Waals surface area (Å²) in [6, 6.07) is 17.0. The van der Waals surface area contributed by atoms with Crippen molar-refractivity contribution in [1.82, 2.24) is 4.98 Å². The van der Waals surface area contributed by atoms with Gasteiger partial charge in [-0.05, 0) is 42.2 Å². The van der Waals surface area contributed by atoms with Crippen LogP contribution in [0.15, 0.2) is 54.7 Å². The summed E-state index contributed by atoms with van der Waals surface area (Å²) < 4.78 is 0. The van der Waals surface area contributed by atoms with Crippen LogP contribution in [0, 0.1) is 0 Å². The van der Waals surface area contributed by atoms with Crippen LogP contribution in [0.25, 0.3) is 10.9 Å². The lowest BCUT2D eigenvalue weighted by atomic mass is 10.1. The molecule has 1 heterocycles. The predicted octanol–water partition coefficient (Wildman–Crippen LogP) is 4.47. The van der Waals surface area contributed by atoms with E-state index < -0.39 is 0 Å². The first-order valence-corrected chi connectivity index (χ1v) is 7.55. The number of rotatable bonds is 2. The molecule has 0 spiro atoms. The second kappa shape index (κ2) is 5.05. The molecule has 2 aromatic carbocycles. The Kier molecular flexibility index (Phi) is 3.04. The molecule has 0 atom stereocenters. The highest BCUT2D eigenvalue weighted by Gasteiger charge is 2.21. The molecular weight excluding hydrogens is 280 g/mol. The number of benzene rings is 2. The number of nitrogens with one attached hydrogen (secondary N) is 1. The van der Waals surface area contributed by atoms with Crippen molar-refractivity contribution in [3.8, 4) is 0 Å².